The number of aliphatic hydroxyl groups is 1. The summed E-state index contributed by atoms with van der Waals surface area (Å²) in [6, 6.07) is 0. The van der Waals surface area contributed by atoms with Crippen molar-refractivity contribution in [3.05, 3.63) is 35.5 Å². The minimum absolute atomic E-state index is 0.234. The zero-order valence-electron chi connectivity index (χ0n) is 17.6. The predicted octanol–water partition coefficient (Wildman–Crippen LogP) is 6.84. The van der Waals surface area contributed by atoms with Crippen LogP contribution in [0, 0.1) is 28.6 Å². The molecule has 0 radical (unpaired) electrons. The monoisotopic (exact) mass is 356 g/mol. The van der Waals surface area contributed by atoms with Crippen LogP contribution in [-0.4, -0.2) is 11.7 Å². The number of allylic oxidation sites excluding steroid dienone is 4. The van der Waals surface area contributed by atoms with Crippen LogP contribution < -0.4 is 0 Å². The Balaban J connectivity index is 1.98. The van der Waals surface area contributed by atoms with Crippen LogP contribution in [0.25, 0.3) is 0 Å². The molecule has 0 aromatic rings. The third-order valence-corrected chi connectivity index (χ3v) is 8.36. The molecule has 0 aromatic heterocycles. The predicted molar refractivity (Wildman–Crippen MR) is 112 cm³/mol. The van der Waals surface area contributed by atoms with Crippen LogP contribution in [0.4, 0.5) is 0 Å². The maximum Gasteiger partial charge on any atom is 0.0641 e. The SMILES string of the molecule is C=C(C)[C@@H]1CC[C@]2(C)CC[C@@]3(C)C/C=C(/C)CC/C=C(\CO)CC[C@@H]3[C@@H]12. The van der Waals surface area contributed by atoms with E-state index in [0.717, 1.165) is 31.1 Å². The number of fused-ring (bicyclic) bond motifs is 3. The molecule has 3 aliphatic carbocycles. The third-order valence-electron chi connectivity index (χ3n) is 8.36. The van der Waals surface area contributed by atoms with Crippen LogP contribution in [0.1, 0.15) is 85.5 Å². The Morgan fingerprint density at radius 3 is 2.54 bits per heavy atom. The molecule has 3 aliphatic rings. The first-order chi connectivity index (χ1) is 12.3. The summed E-state index contributed by atoms with van der Waals surface area (Å²) in [5.74, 6) is 2.21. The van der Waals surface area contributed by atoms with Gasteiger partial charge in [-0.05, 0) is 106 Å². The van der Waals surface area contributed by atoms with Crippen molar-refractivity contribution in [1.82, 2.24) is 0 Å². The van der Waals surface area contributed by atoms with Gasteiger partial charge in [0.2, 0.25) is 0 Å². The summed E-state index contributed by atoms with van der Waals surface area (Å²) in [5, 5.41) is 9.85. The molecule has 0 heterocycles. The van der Waals surface area contributed by atoms with E-state index >= 15 is 0 Å². The van der Waals surface area contributed by atoms with E-state index in [1.807, 2.05) is 0 Å². The van der Waals surface area contributed by atoms with Gasteiger partial charge in [-0.3, -0.25) is 0 Å². The molecule has 3 rings (SSSR count). The molecule has 0 unspecified atom stereocenters. The minimum atomic E-state index is 0.234. The van der Waals surface area contributed by atoms with Gasteiger partial charge in [0.05, 0.1) is 6.61 Å². The fourth-order valence-corrected chi connectivity index (χ4v) is 6.50. The van der Waals surface area contributed by atoms with Gasteiger partial charge >= 0.3 is 0 Å². The van der Waals surface area contributed by atoms with Crippen molar-refractivity contribution in [2.75, 3.05) is 6.61 Å². The molecule has 1 N–H and O–H groups in total. The fourth-order valence-electron chi connectivity index (χ4n) is 6.50. The van der Waals surface area contributed by atoms with Crippen molar-refractivity contribution in [1.29, 1.82) is 0 Å². The zero-order valence-corrected chi connectivity index (χ0v) is 17.6. The zero-order chi connectivity index (χ0) is 18.9. The molecule has 1 heteroatoms. The van der Waals surface area contributed by atoms with Crippen molar-refractivity contribution >= 4 is 0 Å². The van der Waals surface area contributed by atoms with Crippen LogP contribution in [0.15, 0.2) is 35.5 Å². The Hall–Kier alpha value is -0.820. The van der Waals surface area contributed by atoms with Crippen molar-refractivity contribution in [3.8, 4) is 0 Å². The number of rotatable bonds is 2. The van der Waals surface area contributed by atoms with Crippen molar-refractivity contribution < 1.29 is 5.11 Å². The van der Waals surface area contributed by atoms with E-state index in [1.165, 1.54) is 55.2 Å². The van der Waals surface area contributed by atoms with E-state index < -0.39 is 0 Å². The summed E-state index contributed by atoms with van der Waals surface area (Å²) in [5.41, 5.74) is 5.09. The van der Waals surface area contributed by atoms with Crippen LogP contribution in [0.2, 0.25) is 0 Å². The van der Waals surface area contributed by atoms with Gasteiger partial charge in [-0.1, -0.05) is 43.7 Å². The molecule has 146 valence electrons. The summed E-state index contributed by atoms with van der Waals surface area (Å²) in [7, 11) is 0. The standard InChI is InChI=1S/C25H40O/c1-18(2)21-12-14-25(5)16-15-24(4)13-11-19(3)7-6-8-20(17-26)9-10-22(24)23(21)25/h8,11,21-23,26H,1,6-7,9-10,12-17H2,2-5H3/b19-11-,20-8-/t21-,22+,23+,24+,25+/m0/s1. The molecule has 1 nitrogen and oxygen atoms in total. The highest BCUT2D eigenvalue weighted by molar-refractivity contribution is 5.16. The average Bonchev–Trinajstić information content (AvgIpc) is 2.94. The highest BCUT2D eigenvalue weighted by Gasteiger charge is 2.56. The quantitative estimate of drug-likeness (QED) is 0.537. The maximum absolute atomic E-state index is 9.85. The Kier molecular flexibility index (Phi) is 5.87. The average molecular weight is 357 g/mol. The minimum Gasteiger partial charge on any atom is -0.392 e. The molecule has 0 aliphatic heterocycles. The molecular formula is C25H40O. The molecular weight excluding hydrogens is 316 g/mol. The van der Waals surface area contributed by atoms with Gasteiger partial charge in [-0.2, -0.15) is 0 Å². The Labute approximate surface area is 161 Å². The molecule has 0 bridgehead atoms. The lowest BCUT2D eigenvalue weighted by atomic mass is 9.51. The highest BCUT2D eigenvalue weighted by atomic mass is 16.3. The molecule has 2 saturated carbocycles. The fraction of sp³-hybridized carbons (Fsp3) is 0.760. The van der Waals surface area contributed by atoms with E-state index in [1.54, 1.807) is 0 Å². The molecule has 0 saturated heterocycles. The summed E-state index contributed by atoms with van der Waals surface area (Å²) in [6.45, 7) is 14.3. The maximum atomic E-state index is 9.85. The first-order valence-electron chi connectivity index (χ1n) is 10.9. The Bertz CT molecular complexity index is 597. The van der Waals surface area contributed by atoms with Gasteiger partial charge in [0.15, 0.2) is 0 Å². The van der Waals surface area contributed by atoms with E-state index in [0.29, 0.717) is 16.7 Å². The van der Waals surface area contributed by atoms with Gasteiger partial charge in [-0.25, -0.2) is 0 Å². The number of hydrogen-bond acceptors (Lipinski definition) is 1. The molecule has 5 atom stereocenters. The van der Waals surface area contributed by atoms with E-state index in [2.05, 4.69) is 46.4 Å². The smallest absolute Gasteiger partial charge is 0.0641 e. The molecule has 2 fully saturated rings. The molecule has 0 spiro atoms. The normalized spacial score (nSPS) is 45.3. The van der Waals surface area contributed by atoms with Gasteiger partial charge in [0.1, 0.15) is 0 Å². The van der Waals surface area contributed by atoms with Crippen molar-refractivity contribution in [3.63, 3.8) is 0 Å². The summed E-state index contributed by atoms with van der Waals surface area (Å²) < 4.78 is 0. The molecule has 0 aromatic carbocycles. The molecule has 0 amide bonds. The van der Waals surface area contributed by atoms with Crippen molar-refractivity contribution in [2.45, 2.75) is 85.5 Å². The second-order valence-corrected chi connectivity index (χ2v) is 10.3. The van der Waals surface area contributed by atoms with E-state index in [4.69, 9.17) is 0 Å². The lowest BCUT2D eigenvalue weighted by Crippen LogP contribution is -2.46. The first kappa shape index (κ1) is 19.9. The van der Waals surface area contributed by atoms with E-state index in [9.17, 15) is 5.11 Å². The van der Waals surface area contributed by atoms with Crippen molar-refractivity contribution in [2.24, 2.45) is 28.6 Å². The summed E-state index contributed by atoms with van der Waals surface area (Å²) in [6.07, 6.45) is 16.1. The van der Waals surface area contributed by atoms with Gasteiger partial charge in [0.25, 0.3) is 0 Å². The third kappa shape index (κ3) is 3.75. The van der Waals surface area contributed by atoms with Gasteiger partial charge < -0.3 is 5.11 Å². The Morgan fingerprint density at radius 2 is 1.85 bits per heavy atom. The largest absolute Gasteiger partial charge is 0.392 e. The second-order valence-electron chi connectivity index (χ2n) is 10.3. The molecule has 26 heavy (non-hydrogen) atoms. The highest BCUT2D eigenvalue weighted by Crippen LogP contribution is 2.65. The van der Waals surface area contributed by atoms with Gasteiger partial charge in [0, 0.05) is 0 Å². The first-order valence-corrected chi connectivity index (χ1v) is 10.9. The lowest BCUT2D eigenvalue weighted by Gasteiger charge is -2.54. The van der Waals surface area contributed by atoms with Crippen LogP contribution in [0.3, 0.4) is 0 Å². The Morgan fingerprint density at radius 1 is 1.12 bits per heavy atom. The summed E-state index contributed by atoms with van der Waals surface area (Å²) >= 11 is 0. The number of aliphatic hydroxyl groups excluding tert-OH is 1. The van der Waals surface area contributed by atoms with Crippen LogP contribution in [-0.2, 0) is 0 Å². The summed E-state index contributed by atoms with van der Waals surface area (Å²) in [4.78, 5) is 0. The van der Waals surface area contributed by atoms with Crippen LogP contribution in [0.5, 0.6) is 0 Å². The lowest BCUT2D eigenvalue weighted by molar-refractivity contribution is -0.0354. The van der Waals surface area contributed by atoms with Gasteiger partial charge in [-0.15, -0.1) is 0 Å². The topological polar surface area (TPSA) is 20.2 Å². The second kappa shape index (κ2) is 7.66. The number of hydrogen-bond donors (Lipinski definition) is 1. The van der Waals surface area contributed by atoms with Crippen LogP contribution >= 0.6 is 0 Å². The van der Waals surface area contributed by atoms with E-state index in [-0.39, 0.29) is 6.61 Å².